The van der Waals surface area contributed by atoms with Gasteiger partial charge < -0.3 is 5.32 Å². The summed E-state index contributed by atoms with van der Waals surface area (Å²) in [5.74, 6) is 0. The molecule has 0 radical (unpaired) electrons. The monoisotopic (exact) mass is 307 g/mol. The van der Waals surface area contributed by atoms with Crippen LogP contribution in [0.25, 0.3) is 10.2 Å². The van der Waals surface area contributed by atoms with E-state index in [4.69, 9.17) is 0 Å². The lowest BCUT2D eigenvalue weighted by atomic mass is 10.2. The van der Waals surface area contributed by atoms with Gasteiger partial charge in [-0.15, -0.1) is 22.7 Å². The summed E-state index contributed by atoms with van der Waals surface area (Å²) < 4.78 is 2.33. The van der Waals surface area contributed by atoms with Crippen LogP contribution in [0.2, 0.25) is 0 Å². The van der Waals surface area contributed by atoms with Gasteiger partial charge in [0.25, 0.3) is 0 Å². The van der Waals surface area contributed by atoms with Crippen LogP contribution in [0.15, 0.2) is 33.4 Å². The van der Waals surface area contributed by atoms with Crippen LogP contribution in [0, 0.1) is 0 Å². The lowest BCUT2D eigenvalue weighted by Crippen LogP contribution is -2.06. The maximum Gasteiger partial charge on any atom is 0.150 e. The van der Waals surface area contributed by atoms with Gasteiger partial charge in [0.15, 0.2) is 4.34 Å². The largest absolute Gasteiger partial charge is 0.377 e. The number of hydrogen-bond acceptors (Lipinski definition) is 6. The summed E-state index contributed by atoms with van der Waals surface area (Å²) in [5.41, 5.74) is 5.13. The molecule has 0 amide bonds. The second kappa shape index (κ2) is 5.48. The van der Waals surface area contributed by atoms with Crippen LogP contribution in [-0.2, 0) is 0 Å². The molecule has 0 bridgehead atoms. The Morgan fingerprint density at radius 3 is 3.00 bits per heavy atom. The molecular weight excluding hydrogens is 294 g/mol. The molecule has 0 fully saturated rings. The van der Waals surface area contributed by atoms with Crippen molar-refractivity contribution < 1.29 is 0 Å². The number of nitrogens with zero attached hydrogens (tertiary/aromatic N) is 2. The predicted octanol–water partition coefficient (Wildman–Crippen LogP) is 4.65. The third kappa shape index (κ3) is 2.75. The Hall–Kier alpha value is -1.11. The Balaban J connectivity index is 1.85. The minimum Gasteiger partial charge on any atom is -0.377 e. The number of nitrogens with one attached hydrogen (secondary N) is 1. The number of rotatable bonds is 4. The van der Waals surface area contributed by atoms with Gasteiger partial charge in [-0.1, -0.05) is 11.8 Å². The maximum absolute atomic E-state index is 4.54. The van der Waals surface area contributed by atoms with E-state index in [0.29, 0.717) is 0 Å². The molecule has 3 aromatic rings. The fourth-order valence-corrected chi connectivity index (χ4v) is 4.02. The Kier molecular flexibility index (Phi) is 3.72. The second-order valence-corrected chi connectivity index (χ2v) is 6.95. The Bertz CT molecular complexity index is 676. The van der Waals surface area contributed by atoms with Crippen molar-refractivity contribution in [2.24, 2.45) is 0 Å². The summed E-state index contributed by atoms with van der Waals surface area (Å²) in [5, 5.41) is 5.56. The first-order chi connectivity index (χ1) is 9.26. The highest BCUT2D eigenvalue weighted by molar-refractivity contribution is 8.00. The molecule has 0 aliphatic rings. The Morgan fingerprint density at radius 1 is 1.37 bits per heavy atom. The van der Waals surface area contributed by atoms with Crippen molar-refractivity contribution in [3.8, 4) is 0 Å². The fourth-order valence-electron chi connectivity index (χ4n) is 1.84. The number of benzene rings is 1. The van der Waals surface area contributed by atoms with Gasteiger partial charge in [0.1, 0.15) is 0 Å². The van der Waals surface area contributed by atoms with Crippen molar-refractivity contribution in [3.05, 3.63) is 34.8 Å². The zero-order chi connectivity index (χ0) is 13.2. The Labute approximate surface area is 124 Å². The molecular formula is C13H13N3S3. The molecule has 2 heterocycles. The van der Waals surface area contributed by atoms with Gasteiger partial charge in [-0.3, -0.25) is 0 Å². The standard InChI is InChI=1S/C13H13N3S3/c1-8(11-6-18-7-14-11)15-9-3-4-10-12(5-9)19-13(16-10)17-2/h3-8,15H,1-2H3. The van der Waals surface area contributed by atoms with Crippen LogP contribution < -0.4 is 5.32 Å². The van der Waals surface area contributed by atoms with Crippen molar-refractivity contribution in [3.63, 3.8) is 0 Å². The van der Waals surface area contributed by atoms with Gasteiger partial charge in [0, 0.05) is 11.1 Å². The van der Waals surface area contributed by atoms with Crippen LogP contribution in [0.5, 0.6) is 0 Å². The smallest absolute Gasteiger partial charge is 0.150 e. The van der Waals surface area contributed by atoms with Gasteiger partial charge in [-0.2, -0.15) is 0 Å². The highest BCUT2D eigenvalue weighted by Gasteiger charge is 2.09. The van der Waals surface area contributed by atoms with Crippen LogP contribution in [0.3, 0.4) is 0 Å². The van der Waals surface area contributed by atoms with Crippen molar-refractivity contribution in [1.29, 1.82) is 0 Å². The zero-order valence-electron chi connectivity index (χ0n) is 10.6. The van der Waals surface area contributed by atoms with E-state index in [9.17, 15) is 0 Å². The molecule has 19 heavy (non-hydrogen) atoms. The van der Waals surface area contributed by atoms with E-state index in [1.54, 1.807) is 34.4 Å². The summed E-state index contributed by atoms with van der Waals surface area (Å²) in [6.45, 7) is 2.12. The number of anilines is 1. The minimum atomic E-state index is 0.219. The molecule has 0 aliphatic carbocycles. The molecule has 1 atom stereocenters. The van der Waals surface area contributed by atoms with E-state index in [0.717, 1.165) is 21.2 Å². The second-order valence-electron chi connectivity index (χ2n) is 4.15. The van der Waals surface area contributed by atoms with Crippen molar-refractivity contribution in [2.45, 2.75) is 17.3 Å². The van der Waals surface area contributed by atoms with Crippen molar-refractivity contribution in [2.75, 3.05) is 11.6 Å². The Morgan fingerprint density at radius 2 is 2.26 bits per heavy atom. The first-order valence-corrected chi connectivity index (χ1v) is 8.84. The van der Waals surface area contributed by atoms with Crippen LogP contribution in [0.4, 0.5) is 5.69 Å². The van der Waals surface area contributed by atoms with E-state index >= 15 is 0 Å². The molecule has 0 saturated carbocycles. The van der Waals surface area contributed by atoms with Gasteiger partial charge in [-0.25, -0.2) is 9.97 Å². The summed E-state index contributed by atoms with van der Waals surface area (Å²) in [6, 6.07) is 6.53. The number of thiazole rings is 2. The van der Waals surface area contributed by atoms with Crippen LogP contribution in [0.1, 0.15) is 18.7 Å². The lowest BCUT2D eigenvalue weighted by Gasteiger charge is -2.12. The van der Waals surface area contributed by atoms with Gasteiger partial charge in [-0.05, 0) is 31.4 Å². The third-order valence-electron chi connectivity index (χ3n) is 2.82. The molecule has 98 valence electrons. The first kappa shape index (κ1) is 12.9. The van der Waals surface area contributed by atoms with Gasteiger partial charge in [0.2, 0.25) is 0 Å². The molecule has 3 rings (SSSR count). The van der Waals surface area contributed by atoms with E-state index in [1.165, 1.54) is 4.70 Å². The van der Waals surface area contributed by atoms with E-state index in [2.05, 4.69) is 52.0 Å². The molecule has 0 spiro atoms. The molecule has 1 aromatic carbocycles. The predicted molar refractivity (Wildman–Crippen MR) is 85.6 cm³/mol. The molecule has 1 N–H and O–H groups in total. The SMILES string of the molecule is CSc1nc2ccc(NC(C)c3cscn3)cc2s1. The number of aromatic nitrogens is 2. The number of hydrogen-bond donors (Lipinski definition) is 1. The zero-order valence-corrected chi connectivity index (χ0v) is 13.0. The molecule has 0 saturated heterocycles. The average molecular weight is 307 g/mol. The van der Waals surface area contributed by atoms with E-state index in [1.807, 2.05) is 5.51 Å². The third-order valence-corrected chi connectivity index (χ3v) is 5.43. The number of fused-ring (bicyclic) bond motifs is 1. The molecule has 2 aromatic heterocycles. The van der Waals surface area contributed by atoms with Crippen molar-refractivity contribution in [1.82, 2.24) is 9.97 Å². The topological polar surface area (TPSA) is 37.8 Å². The highest BCUT2D eigenvalue weighted by Crippen LogP contribution is 2.31. The maximum atomic E-state index is 4.54. The minimum absolute atomic E-state index is 0.219. The van der Waals surface area contributed by atoms with Gasteiger partial charge in [0.05, 0.1) is 27.5 Å². The normalized spacial score (nSPS) is 12.7. The first-order valence-electron chi connectivity index (χ1n) is 5.85. The molecule has 0 aliphatic heterocycles. The van der Waals surface area contributed by atoms with Crippen LogP contribution >= 0.6 is 34.4 Å². The van der Waals surface area contributed by atoms with Crippen molar-refractivity contribution >= 4 is 50.3 Å². The van der Waals surface area contributed by atoms with Crippen LogP contribution in [-0.4, -0.2) is 16.2 Å². The fraction of sp³-hybridized carbons (Fsp3) is 0.231. The van der Waals surface area contributed by atoms with E-state index in [-0.39, 0.29) is 6.04 Å². The summed E-state index contributed by atoms with van der Waals surface area (Å²) in [4.78, 5) is 8.88. The average Bonchev–Trinajstić information content (AvgIpc) is 3.07. The lowest BCUT2D eigenvalue weighted by molar-refractivity contribution is 0.850. The van der Waals surface area contributed by atoms with Gasteiger partial charge >= 0.3 is 0 Å². The number of thioether (sulfide) groups is 1. The molecule has 6 heteroatoms. The van der Waals surface area contributed by atoms with E-state index < -0.39 is 0 Å². The summed E-state index contributed by atoms with van der Waals surface area (Å²) in [6.07, 6.45) is 2.06. The summed E-state index contributed by atoms with van der Waals surface area (Å²) in [7, 11) is 0. The molecule has 3 nitrogen and oxygen atoms in total. The quantitative estimate of drug-likeness (QED) is 0.712. The molecule has 1 unspecified atom stereocenters. The highest BCUT2D eigenvalue weighted by atomic mass is 32.2. The summed E-state index contributed by atoms with van der Waals surface area (Å²) >= 11 is 5.05.